The van der Waals surface area contributed by atoms with Crippen molar-refractivity contribution in [3.05, 3.63) is 65.9 Å². The molecule has 2 atom stereocenters. The van der Waals surface area contributed by atoms with Crippen molar-refractivity contribution in [2.45, 2.75) is 24.8 Å². The number of anilines is 1. The molecule has 2 fully saturated rings. The zero-order valence-electron chi connectivity index (χ0n) is 18.3. The van der Waals surface area contributed by atoms with E-state index in [0.717, 1.165) is 43.7 Å². The van der Waals surface area contributed by atoms with Crippen molar-refractivity contribution in [1.82, 2.24) is 15.3 Å². The zero-order valence-corrected chi connectivity index (χ0v) is 19.1. The van der Waals surface area contributed by atoms with Crippen LogP contribution < -0.4 is 11.1 Å². The van der Waals surface area contributed by atoms with E-state index in [2.05, 4.69) is 33.5 Å². The Morgan fingerprint density at radius 2 is 1.88 bits per heavy atom. The predicted molar refractivity (Wildman–Crippen MR) is 129 cm³/mol. The Morgan fingerprint density at radius 3 is 2.67 bits per heavy atom. The number of halogens is 1. The molecular weight excluding hydrogens is 439 g/mol. The van der Waals surface area contributed by atoms with E-state index in [1.54, 1.807) is 12.3 Å². The molecule has 0 spiro atoms. The lowest BCUT2D eigenvalue weighted by atomic mass is 9.84. The molecular formula is C25H27FN4O2S. The van der Waals surface area contributed by atoms with Crippen molar-refractivity contribution in [2.75, 3.05) is 37.0 Å². The van der Waals surface area contributed by atoms with E-state index in [9.17, 15) is 8.60 Å². The second kappa shape index (κ2) is 9.67. The average Bonchev–Trinajstić information content (AvgIpc) is 2.84. The Bertz CT molecular complexity index is 1180. The third-order valence-corrected chi connectivity index (χ3v) is 7.85. The van der Waals surface area contributed by atoms with Crippen LogP contribution in [0.5, 0.6) is 0 Å². The van der Waals surface area contributed by atoms with Crippen molar-refractivity contribution >= 4 is 16.6 Å². The summed E-state index contributed by atoms with van der Waals surface area (Å²) >= 11 is 0. The molecule has 0 amide bonds. The molecule has 2 saturated heterocycles. The predicted octanol–water partition coefficient (Wildman–Crippen LogP) is 3.82. The number of nitrogens with zero attached hydrogens (tertiary/aromatic N) is 2. The van der Waals surface area contributed by atoms with E-state index in [4.69, 9.17) is 10.5 Å². The molecule has 0 radical (unpaired) electrons. The summed E-state index contributed by atoms with van der Waals surface area (Å²) in [7, 11) is -0.827. The average molecular weight is 467 g/mol. The van der Waals surface area contributed by atoms with Crippen molar-refractivity contribution < 1.29 is 13.3 Å². The Hall–Kier alpha value is -2.68. The molecule has 1 aromatic carbocycles. The van der Waals surface area contributed by atoms with E-state index < -0.39 is 16.7 Å². The van der Waals surface area contributed by atoms with Gasteiger partial charge in [0.05, 0.1) is 0 Å². The molecule has 33 heavy (non-hydrogen) atoms. The number of ether oxygens (including phenoxy) is 1. The molecule has 0 unspecified atom stereocenters. The van der Waals surface area contributed by atoms with Crippen LogP contribution in [0.1, 0.15) is 35.9 Å². The van der Waals surface area contributed by atoms with E-state index in [1.165, 1.54) is 23.4 Å². The minimum absolute atomic E-state index is 0.0490. The molecule has 0 bridgehead atoms. The SMILES string of the molecule is Nc1ncc(-c2ccc(C3CCOCC3)c([C@H]3C[S@@](=O)CCN3)c2)cc1-c1ccnc(F)c1. The zero-order chi connectivity index (χ0) is 22.8. The van der Waals surface area contributed by atoms with Crippen molar-refractivity contribution in [3.8, 4) is 22.3 Å². The maximum atomic E-state index is 13.7. The summed E-state index contributed by atoms with van der Waals surface area (Å²) in [5.74, 6) is 1.52. The fourth-order valence-corrected chi connectivity index (χ4v) is 5.93. The first-order valence-corrected chi connectivity index (χ1v) is 12.7. The molecule has 6 nitrogen and oxygen atoms in total. The maximum Gasteiger partial charge on any atom is 0.213 e. The number of rotatable bonds is 4. The number of pyridine rings is 2. The summed E-state index contributed by atoms with van der Waals surface area (Å²) in [6.07, 6.45) is 5.15. The minimum Gasteiger partial charge on any atom is -0.383 e. The first-order chi connectivity index (χ1) is 16.1. The van der Waals surface area contributed by atoms with Crippen LogP contribution in [0.2, 0.25) is 0 Å². The lowest BCUT2D eigenvalue weighted by Gasteiger charge is -2.30. The summed E-state index contributed by atoms with van der Waals surface area (Å²) in [6.45, 7) is 2.28. The third kappa shape index (κ3) is 4.83. The smallest absolute Gasteiger partial charge is 0.213 e. The summed E-state index contributed by atoms with van der Waals surface area (Å²) in [5, 5.41) is 3.57. The van der Waals surface area contributed by atoms with Gasteiger partial charge in [-0.1, -0.05) is 12.1 Å². The van der Waals surface area contributed by atoms with Gasteiger partial charge in [-0.05, 0) is 59.2 Å². The van der Waals surface area contributed by atoms with Crippen molar-refractivity contribution in [1.29, 1.82) is 0 Å². The topological polar surface area (TPSA) is 90.1 Å². The second-order valence-electron chi connectivity index (χ2n) is 8.57. The van der Waals surface area contributed by atoms with Gasteiger partial charge in [0.1, 0.15) is 5.82 Å². The van der Waals surface area contributed by atoms with Gasteiger partial charge in [-0.25, -0.2) is 9.97 Å². The fourth-order valence-electron chi connectivity index (χ4n) is 4.75. The van der Waals surface area contributed by atoms with Crippen molar-refractivity contribution in [2.24, 2.45) is 0 Å². The highest BCUT2D eigenvalue weighted by Gasteiger charge is 2.26. The van der Waals surface area contributed by atoms with Crippen LogP contribution in [0.15, 0.2) is 48.8 Å². The van der Waals surface area contributed by atoms with Crippen LogP contribution in [0.25, 0.3) is 22.3 Å². The molecule has 3 aromatic rings. The molecule has 4 heterocycles. The first-order valence-electron chi connectivity index (χ1n) is 11.3. The summed E-state index contributed by atoms with van der Waals surface area (Å²) in [6, 6.07) is 11.6. The van der Waals surface area contributed by atoms with Gasteiger partial charge in [0.15, 0.2) is 0 Å². The fraction of sp³-hybridized carbons (Fsp3) is 0.360. The highest BCUT2D eigenvalue weighted by molar-refractivity contribution is 7.85. The van der Waals surface area contributed by atoms with Gasteiger partial charge < -0.3 is 15.8 Å². The van der Waals surface area contributed by atoms with Crippen molar-refractivity contribution in [3.63, 3.8) is 0 Å². The normalized spacial score (nSPS) is 21.7. The van der Waals surface area contributed by atoms with Crippen LogP contribution in [0.3, 0.4) is 0 Å². The third-order valence-electron chi connectivity index (χ3n) is 6.49. The number of nitrogens with two attached hydrogens (primary N) is 1. The molecule has 2 aliphatic rings. The van der Waals surface area contributed by atoms with Crippen LogP contribution in [-0.4, -0.2) is 45.4 Å². The van der Waals surface area contributed by atoms with E-state index in [-0.39, 0.29) is 6.04 Å². The molecule has 172 valence electrons. The maximum absolute atomic E-state index is 13.7. The van der Waals surface area contributed by atoms with Gasteiger partial charge in [0.2, 0.25) is 5.95 Å². The lowest BCUT2D eigenvalue weighted by molar-refractivity contribution is 0.0851. The van der Waals surface area contributed by atoms with Gasteiger partial charge in [-0.2, -0.15) is 4.39 Å². The number of hydrogen-bond donors (Lipinski definition) is 2. The monoisotopic (exact) mass is 466 g/mol. The quantitative estimate of drug-likeness (QED) is 0.568. The van der Waals surface area contributed by atoms with Crippen LogP contribution in [0, 0.1) is 5.95 Å². The number of nitrogens with one attached hydrogen (secondary N) is 1. The van der Waals surface area contributed by atoms with E-state index >= 15 is 0 Å². The second-order valence-corrected chi connectivity index (χ2v) is 10.2. The Kier molecular flexibility index (Phi) is 6.48. The molecule has 5 rings (SSSR count). The largest absolute Gasteiger partial charge is 0.383 e. The number of nitrogen functional groups attached to an aromatic ring is 1. The Balaban J connectivity index is 1.56. The van der Waals surface area contributed by atoms with Gasteiger partial charge >= 0.3 is 0 Å². The summed E-state index contributed by atoms with van der Waals surface area (Å²) in [5.41, 5.74) is 11.8. The minimum atomic E-state index is -0.827. The van der Waals surface area contributed by atoms with Crippen LogP contribution >= 0.6 is 0 Å². The number of aromatic nitrogens is 2. The van der Waals surface area contributed by atoms with E-state index in [1.807, 2.05) is 6.07 Å². The van der Waals surface area contributed by atoms with Gasteiger partial charge in [-0.15, -0.1) is 0 Å². The standard InChI is InChI=1S/C25H27FN4O2S/c26-24-13-18(3-6-29-24)21-12-19(14-30-25(21)27)17-1-2-20(16-4-8-32-9-5-16)22(11-17)23-15-33(31)10-7-28-23/h1-3,6,11-14,16,23,28H,4-5,7-10,15H2,(H2,27,30)/t23-,33+/m1/s1. The number of benzene rings is 1. The molecule has 8 heteroatoms. The van der Waals surface area contributed by atoms with Gasteiger partial charge in [-0.3, -0.25) is 4.21 Å². The lowest BCUT2D eigenvalue weighted by Crippen LogP contribution is -2.37. The van der Waals surface area contributed by atoms with Gasteiger partial charge in [0.25, 0.3) is 0 Å². The summed E-state index contributed by atoms with van der Waals surface area (Å²) in [4.78, 5) is 8.01. The number of hydrogen-bond acceptors (Lipinski definition) is 6. The molecule has 3 N–H and O–H groups in total. The highest BCUT2D eigenvalue weighted by Crippen LogP contribution is 2.37. The summed E-state index contributed by atoms with van der Waals surface area (Å²) < 4.78 is 31.6. The van der Waals surface area contributed by atoms with E-state index in [0.29, 0.717) is 34.4 Å². The first kappa shape index (κ1) is 22.1. The Morgan fingerprint density at radius 1 is 1.03 bits per heavy atom. The molecule has 2 aliphatic heterocycles. The Labute approximate surface area is 195 Å². The molecule has 0 saturated carbocycles. The molecule has 0 aliphatic carbocycles. The van der Waals surface area contributed by atoms with Gasteiger partial charge in [0, 0.05) is 77.7 Å². The highest BCUT2D eigenvalue weighted by atomic mass is 32.2. The van der Waals surface area contributed by atoms with Crippen LogP contribution in [-0.2, 0) is 15.5 Å². The van der Waals surface area contributed by atoms with Crippen LogP contribution in [0.4, 0.5) is 10.2 Å². The molecule has 2 aromatic heterocycles.